The van der Waals surface area contributed by atoms with Crippen molar-refractivity contribution in [1.82, 2.24) is 15.5 Å². The van der Waals surface area contributed by atoms with Crippen LogP contribution in [-0.4, -0.2) is 32.7 Å². The quantitative estimate of drug-likeness (QED) is 0.522. The standard InChI is InChI=1S/C14H18N4O5/c1-3-5-9-12(18(21)22)11(17-16-9)13(19)15-8-14(2,20)10-6-4-7-23-10/h4,6-7,20H,3,5,8H2,1-2H3,(H,15,19)(H,16,17). The fourth-order valence-corrected chi connectivity index (χ4v) is 2.16. The summed E-state index contributed by atoms with van der Waals surface area (Å²) in [4.78, 5) is 22.7. The Morgan fingerprint density at radius 1 is 1.61 bits per heavy atom. The normalized spacial score (nSPS) is 13.5. The molecule has 0 spiro atoms. The molecule has 1 unspecified atom stereocenters. The summed E-state index contributed by atoms with van der Waals surface area (Å²) in [5.74, 6) is -0.455. The zero-order valence-electron chi connectivity index (χ0n) is 12.8. The Morgan fingerprint density at radius 2 is 2.35 bits per heavy atom. The lowest BCUT2D eigenvalue weighted by molar-refractivity contribution is -0.385. The first-order valence-electron chi connectivity index (χ1n) is 7.13. The predicted octanol–water partition coefficient (Wildman–Crippen LogP) is 1.50. The Bertz CT molecular complexity index is 690. The smallest absolute Gasteiger partial charge is 0.322 e. The van der Waals surface area contributed by atoms with Gasteiger partial charge in [0.25, 0.3) is 5.91 Å². The summed E-state index contributed by atoms with van der Waals surface area (Å²) in [6.07, 6.45) is 2.50. The molecule has 0 fully saturated rings. The van der Waals surface area contributed by atoms with Crippen molar-refractivity contribution in [3.8, 4) is 0 Å². The lowest BCUT2D eigenvalue weighted by Crippen LogP contribution is -2.38. The maximum atomic E-state index is 12.2. The second-order valence-electron chi connectivity index (χ2n) is 5.34. The molecule has 9 nitrogen and oxygen atoms in total. The number of nitro groups is 1. The Hall–Kier alpha value is -2.68. The fraction of sp³-hybridized carbons (Fsp3) is 0.429. The predicted molar refractivity (Wildman–Crippen MR) is 79.8 cm³/mol. The molecule has 1 atom stereocenters. The van der Waals surface area contributed by atoms with E-state index in [0.717, 1.165) is 0 Å². The monoisotopic (exact) mass is 322 g/mol. The van der Waals surface area contributed by atoms with Crippen LogP contribution >= 0.6 is 0 Å². The van der Waals surface area contributed by atoms with E-state index in [0.29, 0.717) is 18.5 Å². The molecule has 0 bridgehead atoms. The van der Waals surface area contributed by atoms with Gasteiger partial charge in [-0.05, 0) is 25.5 Å². The van der Waals surface area contributed by atoms with E-state index in [-0.39, 0.29) is 23.7 Å². The van der Waals surface area contributed by atoms with Gasteiger partial charge in [-0.15, -0.1) is 0 Å². The second-order valence-corrected chi connectivity index (χ2v) is 5.34. The lowest BCUT2D eigenvalue weighted by atomic mass is 10.0. The van der Waals surface area contributed by atoms with Crippen LogP contribution in [0.25, 0.3) is 0 Å². The molecular weight excluding hydrogens is 304 g/mol. The molecule has 2 aromatic rings. The lowest BCUT2D eigenvalue weighted by Gasteiger charge is -2.20. The molecule has 0 saturated heterocycles. The number of rotatable bonds is 7. The van der Waals surface area contributed by atoms with Crippen molar-refractivity contribution in [1.29, 1.82) is 0 Å². The third-order valence-electron chi connectivity index (χ3n) is 3.36. The zero-order chi connectivity index (χ0) is 17.0. The molecule has 124 valence electrons. The summed E-state index contributed by atoms with van der Waals surface area (Å²) in [6.45, 7) is 3.16. The molecule has 9 heteroatoms. The van der Waals surface area contributed by atoms with E-state index in [2.05, 4.69) is 15.5 Å². The highest BCUT2D eigenvalue weighted by Crippen LogP contribution is 2.23. The van der Waals surface area contributed by atoms with Crippen LogP contribution < -0.4 is 5.32 Å². The number of hydrogen-bond donors (Lipinski definition) is 3. The van der Waals surface area contributed by atoms with Crippen molar-refractivity contribution in [2.75, 3.05) is 6.54 Å². The fourth-order valence-electron chi connectivity index (χ4n) is 2.16. The molecule has 0 aliphatic carbocycles. The summed E-state index contributed by atoms with van der Waals surface area (Å²) in [7, 11) is 0. The minimum absolute atomic E-state index is 0.174. The Kier molecular flexibility index (Phi) is 4.80. The molecule has 0 radical (unpaired) electrons. The molecule has 0 aliphatic heterocycles. The largest absolute Gasteiger partial charge is 0.466 e. The van der Waals surface area contributed by atoms with E-state index in [1.165, 1.54) is 13.2 Å². The van der Waals surface area contributed by atoms with Crippen LogP contribution in [-0.2, 0) is 12.0 Å². The minimum Gasteiger partial charge on any atom is -0.466 e. The number of aromatic nitrogens is 2. The number of aryl methyl sites for hydroxylation is 1. The topological polar surface area (TPSA) is 134 Å². The van der Waals surface area contributed by atoms with Crippen LogP contribution in [0.5, 0.6) is 0 Å². The van der Waals surface area contributed by atoms with Gasteiger partial charge in [0.15, 0.2) is 0 Å². The van der Waals surface area contributed by atoms with Crippen LogP contribution in [0.2, 0.25) is 0 Å². The van der Waals surface area contributed by atoms with Crippen LogP contribution in [0.3, 0.4) is 0 Å². The van der Waals surface area contributed by atoms with Crippen molar-refractivity contribution in [3.63, 3.8) is 0 Å². The Morgan fingerprint density at radius 3 is 2.91 bits per heavy atom. The number of hydrogen-bond acceptors (Lipinski definition) is 6. The molecule has 2 rings (SSSR count). The van der Waals surface area contributed by atoms with E-state index >= 15 is 0 Å². The van der Waals surface area contributed by atoms with Crippen molar-refractivity contribution in [2.45, 2.75) is 32.3 Å². The molecular formula is C14H18N4O5. The molecule has 3 N–H and O–H groups in total. The van der Waals surface area contributed by atoms with Gasteiger partial charge in [-0.2, -0.15) is 5.10 Å². The van der Waals surface area contributed by atoms with Crippen molar-refractivity contribution in [3.05, 3.63) is 45.7 Å². The van der Waals surface area contributed by atoms with Gasteiger partial charge in [-0.3, -0.25) is 20.0 Å². The van der Waals surface area contributed by atoms with Crippen LogP contribution in [0, 0.1) is 10.1 Å². The van der Waals surface area contributed by atoms with Crippen molar-refractivity contribution < 1.29 is 19.2 Å². The maximum Gasteiger partial charge on any atom is 0.322 e. The number of nitrogens with zero attached hydrogens (tertiary/aromatic N) is 2. The number of carbonyl (C=O) groups is 1. The van der Waals surface area contributed by atoms with Crippen LogP contribution in [0.15, 0.2) is 22.8 Å². The van der Waals surface area contributed by atoms with Crippen LogP contribution in [0.4, 0.5) is 5.69 Å². The van der Waals surface area contributed by atoms with Gasteiger partial charge in [0, 0.05) is 0 Å². The molecule has 0 aromatic carbocycles. The van der Waals surface area contributed by atoms with Gasteiger partial charge in [-0.1, -0.05) is 13.3 Å². The zero-order valence-corrected chi connectivity index (χ0v) is 12.8. The van der Waals surface area contributed by atoms with E-state index in [9.17, 15) is 20.0 Å². The average Bonchev–Trinajstić information content (AvgIpc) is 3.14. The van der Waals surface area contributed by atoms with Gasteiger partial charge in [-0.25, -0.2) is 0 Å². The minimum atomic E-state index is -1.43. The first-order chi connectivity index (χ1) is 10.9. The first kappa shape index (κ1) is 16.7. The number of nitrogens with one attached hydrogen (secondary N) is 2. The summed E-state index contributed by atoms with van der Waals surface area (Å²) >= 11 is 0. The third-order valence-corrected chi connectivity index (χ3v) is 3.36. The third kappa shape index (κ3) is 3.57. The van der Waals surface area contributed by atoms with Gasteiger partial charge in [0.2, 0.25) is 5.69 Å². The summed E-state index contributed by atoms with van der Waals surface area (Å²) in [6, 6.07) is 3.18. The van der Waals surface area contributed by atoms with E-state index < -0.39 is 16.4 Å². The summed E-state index contributed by atoms with van der Waals surface area (Å²) in [5.41, 5.74) is -1.76. The molecule has 2 heterocycles. The molecule has 2 aromatic heterocycles. The number of amides is 1. The number of H-pyrrole nitrogens is 1. The van der Waals surface area contributed by atoms with Gasteiger partial charge in [0.1, 0.15) is 17.1 Å². The number of furan rings is 1. The summed E-state index contributed by atoms with van der Waals surface area (Å²) in [5, 5.41) is 30.1. The number of aromatic amines is 1. The highest BCUT2D eigenvalue weighted by Gasteiger charge is 2.31. The summed E-state index contributed by atoms with van der Waals surface area (Å²) < 4.78 is 5.10. The van der Waals surface area contributed by atoms with E-state index in [1.54, 1.807) is 12.1 Å². The SMILES string of the molecule is CCCc1[nH]nc(C(=O)NCC(C)(O)c2ccco2)c1[N+](=O)[O-]. The number of aliphatic hydroxyl groups is 1. The van der Waals surface area contributed by atoms with Crippen molar-refractivity contribution in [2.24, 2.45) is 0 Å². The Balaban J connectivity index is 2.14. The maximum absolute atomic E-state index is 12.2. The van der Waals surface area contributed by atoms with Crippen molar-refractivity contribution >= 4 is 11.6 Å². The number of carbonyl (C=O) groups excluding carboxylic acids is 1. The molecule has 23 heavy (non-hydrogen) atoms. The highest BCUT2D eigenvalue weighted by atomic mass is 16.6. The van der Waals surface area contributed by atoms with E-state index in [1.807, 2.05) is 6.92 Å². The second kappa shape index (κ2) is 6.61. The molecule has 0 aliphatic rings. The van der Waals surface area contributed by atoms with Gasteiger partial charge in [0.05, 0.1) is 17.7 Å². The highest BCUT2D eigenvalue weighted by molar-refractivity contribution is 5.96. The molecule has 0 saturated carbocycles. The average molecular weight is 322 g/mol. The van der Waals surface area contributed by atoms with E-state index in [4.69, 9.17) is 4.42 Å². The Labute approximate surface area is 131 Å². The van der Waals surface area contributed by atoms with Gasteiger partial charge < -0.3 is 14.8 Å². The van der Waals surface area contributed by atoms with Crippen LogP contribution in [0.1, 0.15) is 42.2 Å². The van der Waals surface area contributed by atoms with Gasteiger partial charge >= 0.3 is 5.69 Å². The first-order valence-corrected chi connectivity index (χ1v) is 7.13. The molecule has 1 amide bonds.